The Hall–Kier alpha value is -2.10. The van der Waals surface area contributed by atoms with Crippen LogP contribution in [0.5, 0.6) is 0 Å². The van der Waals surface area contributed by atoms with E-state index in [1.54, 1.807) is 10.8 Å². The Morgan fingerprint density at radius 1 is 1.28 bits per heavy atom. The van der Waals surface area contributed by atoms with Crippen molar-refractivity contribution in [2.24, 2.45) is 0 Å². The van der Waals surface area contributed by atoms with Crippen molar-refractivity contribution in [3.05, 3.63) is 47.5 Å². The minimum absolute atomic E-state index is 0.170. The van der Waals surface area contributed by atoms with Crippen LogP contribution in [0, 0.1) is 13.8 Å². The SMILES string of the molecule is CCc1nc(C)cn1C(=O)Nc1ccc(C)cc1. The van der Waals surface area contributed by atoms with Gasteiger partial charge in [0.15, 0.2) is 0 Å². The van der Waals surface area contributed by atoms with Gasteiger partial charge >= 0.3 is 6.03 Å². The molecular formula is C14H17N3O. The summed E-state index contributed by atoms with van der Waals surface area (Å²) in [4.78, 5) is 16.4. The van der Waals surface area contributed by atoms with Crippen molar-refractivity contribution in [1.29, 1.82) is 0 Å². The van der Waals surface area contributed by atoms with Gasteiger partial charge in [-0.25, -0.2) is 9.78 Å². The molecule has 0 aliphatic heterocycles. The lowest BCUT2D eigenvalue weighted by molar-refractivity contribution is 0.253. The summed E-state index contributed by atoms with van der Waals surface area (Å²) in [6, 6.07) is 7.55. The topological polar surface area (TPSA) is 46.9 Å². The highest BCUT2D eigenvalue weighted by Crippen LogP contribution is 2.10. The molecule has 94 valence electrons. The summed E-state index contributed by atoms with van der Waals surface area (Å²) < 4.78 is 1.56. The number of nitrogens with zero attached hydrogens (tertiary/aromatic N) is 2. The second-order valence-electron chi connectivity index (χ2n) is 4.32. The number of anilines is 1. The Labute approximate surface area is 107 Å². The molecule has 2 aromatic rings. The molecule has 18 heavy (non-hydrogen) atoms. The summed E-state index contributed by atoms with van der Waals surface area (Å²) in [7, 11) is 0. The van der Waals surface area contributed by atoms with Crippen molar-refractivity contribution in [3.63, 3.8) is 0 Å². The van der Waals surface area contributed by atoms with Crippen LogP contribution in [0.3, 0.4) is 0 Å². The van der Waals surface area contributed by atoms with Gasteiger partial charge in [-0.2, -0.15) is 0 Å². The van der Waals surface area contributed by atoms with E-state index in [2.05, 4.69) is 10.3 Å². The van der Waals surface area contributed by atoms with Gasteiger partial charge in [-0.15, -0.1) is 0 Å². The number of rotatable bonds is 2. The number of nitrogens with one attached hydrogen (secondary N) is 1. The summed E-state index contributed by atoms with van der Waals surface area (Å²) in [5, 5.41) is 2.86. The number of amides is 1. The monoisotopic (exact) mass is 243 g/mol. The average Bonchev–Trinajstić information content (AvgIpc) is 2.73. The van der Waals surface area contributed by atoms with Gasteiger partial charge in [0.1, 0.15) is 5.82 Å². The van der Waals surface area contributed by atoms with Crippen LogP contribution >= 0.6 is 0 Å². The quantitative estimate of drug-likeness (QED) is 0.880. The molecule has 0 bridgehead atoms. The zero-order valence-corrected chi connectivity index (χ0v) is 10.9. The van der Waals surface area contributed by atoms with Crippen LogP contribution in [0.25, 0.3) is 0 Å². The first-order chi connectivity index (χ1) is 8.60. The molecule has 0 fully saturated rings. The van der Waals surface area contributed by atoms with Crippen molar-refractivity contribution >= 4 is 11.7 Å². The molecule has 0 atom stereocenters. The molecule has 1 amide bonds. The number of benzene rings is 1. The summed E-state index contributed by atoms with van der Waals surface area (Å²) >= 11 is 0. The third kappa shape index (κ3) is 2.59. The minimum Gasteiger partial charge on any atom is -0.307 e. The second kappa shape index (κ2) is 5.04. The maximum atomic E-state index is 12.1. The molecule has 2 rings (SSSR count). The number of carbonyl (C=O) groups excluding carboxylic acids is 1. The molecule has 0 saturated heterocycles. The smallest absolute Gasteiger partial charge is 0.307 e. The van der Waals surface area contributed by atoms with Gasteiger partial charge < -0.3 is 5.32 Å². The highest BCUT2D eigenvalue weighted by atomic mass is 16.2. The lowest BCUT2D eigenvalue weighted by atomic mass is 10.2. The van der Waals surface area contributed by atoms with E-state index in [1.807, 2.05) is 45.0 Å². The van der Waals surface area contributed by atoms with Crippen molar-refractivity contribution in [2.75, 3.05) is 5.32 Å². The first-order valence-electron chi connectivity index (χ1n) is 6.03. The van der Waals surface area contributed by atoms with Crippen LogP contribution in [-0.2, 0) is 6.42 Å². The Morgan fingerprint density at radius 2 is 1.94 bits per heavy atom. The van der Waals surface area contributed by atoms with Crippen LogP contribution in [0.2, 0.25) is 0 Å². The van der Waals surface area contributed by atoms with Gasteiger partial charge in [-0.1, -0.05) is 24.6 Å². The van der Waals surface area contributed by atoms with E-state index < -0.39 is 0 Å². The van der Waals surface area contributed by atoms with Crippen molar-refractivity contribution < 1.29 is 4.79 Å². The first-order valence-corrected chi connectivity index (χ1v) is 6.03. The van der Waals surface area contributed by atoms with E-state index in [0.717, 1.165) is 23.6 Å². The average molecular weight is 243 g/mol. The zero-order chi connectivity index (χ0) is 13.1. The van der Waals surface area contributed by atoms with Crippen molar-refractivity contribution in [3.8, 4) is 0 Å². The summed E-state index contributed by atoms with van der Waals surface area (Å²) in [5.74, 6) is 0.775. The van der Waals surface area contributed by atoms with E-state index in [0.29, 0.717) is 0 Å². The molecule has 0 spiro atoms. The summed E-state index contributed by atoms with van der Waals surface area (Å²) in [5.41, 5.74) is 2.81. The molecule has 0 radical (unpaired) electrons. The summed E-state index contributed by atoms with van der Waals surface area (Å²) in [6.45, 7) is 5.88. The van der Waals surface area contributed by atoms with E-state index in [4.69, 9.17) is 0 Å². The van der Waals surface area contributed by atoms with Gasteiger partial charge in [-0.05, 0) is 26.0 Å². The van der Waals surface area contributed by atoms with Crippen LogP contribution < -0.4 is 5.32 Å². The predicted octanol–water partition coefficient (Wildman–Crippen LogP) is 3.14. The van der Waals surface area contributed by atoms with Gasteiger partial charge in [0.25, 0.3) is 0 Å². The molecule has 0 aliphatic rings. The van der Waals surface area contributed by atoms with Crippen LogP contribution in [0.1, 0.15) is 24.0 Å². The zero-order valence-electron chi connectivity index (χ0n) is 10.9. The number of aryl methyl sites for hydroxylation is 3. The van der Waals surface area contributed by atoms with E-state index >= 15 is 0 Å². The molecular weight excluding hydrogens is 226 g/mol. The number of aromatic nitrogens is 2. The fraction of sp³-hybridized carbons (Fsp3) is 0.286. The molecule has 0 aliphatic carbocycles. The van der Waals surface area contributed by atoms with Crippen molar-refractivity contribution in [2.45, 2.75) is 27.2 Å². The largest absolute Gasteiger partial charge is 0.331 e. The van der Waals surface area contributed by atoms with Crippen LogP contribution in [0.15, 0.2) is 30.5 Å². The number of hydrogen-bond acceptors (Lipinski definition) is 2. The predicted molar refractivity (Wildman–Crippen MR) is 71.9 cm³/mol. The van der Waals surface area contributed by atoms with Crippen molar-refractivity contribution in [1.82, 2.24) is 9.55 Å². The van der Waals surface area contributed by atoms with Gasteiger partial charge in [0, 0.05) is 18.3 Å². The highest BCUT2D eigenvalue weighted by Gasteiger charge is 2.11. The molecule has 0 unspecified atom stereocenters. The Balaban J connectivity index is 2.19. The molecule has 4 heteroatoms. The fourth-order valence-corrected chi connectivity index (χ4v) is 1.79. The van der Waals surface area contributed by atoms with Gasteiger partial charge in [0.2, 0.25) is 0 Å². The third-order valence-electron chi connectivity index (χ3n) is 2.74. The van der Waals surface area contributed by atoms with Gasteiger partial charge in [0.05, 0.1) is 5.69 Å². The maximum absolute atomic E-state index is 12.1. The Kier molecular flexibility index (Phi) is 3.46. The third-order valence-corrected chi connectivity index (χ3v) is 2.74. The molecule has 0 saturated carbocycles. The number of carbonyl (C=O) groups is 1. The maximum Gasteiger partial charge on any atom is 0.331 e. The lowest BCUT2D eigenvalue weighted by Gasteiger charge is -2.07. The molecule has 1 heterocycles. The van der Waals surface area contributed by atoms with Crippen LogP contribution in [0.4, 0.5) is 10.5 Å². The van der Waals surface area contributed by atoms with Crippen LogP contribution in [-0.4, -0.2) is 15.6 Å². The van der Waals surface area contributed by atoms with Gasteiger partial charge in [-0.3, -0.25) is 4.57 Å². The number of imidazole rings is 1. The number of hydrogen-bond donors (Lipinski definition) is 1. The lowest BCUT2D eigenvalue weighted by Crippen LogP contribution is -2.20. The van der Waals surface area contributed by atoms with E-state index in [9.17, 15) is 4.79 Å². The standard InChI is InChI=1S/C14H17N3O/c1-4-13-15-11(3)9-17(13)14(18)16-12-7-5-10(2)6-8-12/h5-9H,4H2,1-3H3,(H,16,18). The van der Waals surface area contributed by atoms with E-state index in [-0.39, 0.29) is 6.03 Å². The second-order valence-corrected chi connectivity index (χ2v) is 4.32. The highest BCUT2D eigenvalue weighted by molar-refractivity contribution is 5.91. The summed E-state index contributed by atoms with van der Waals surface area (Å²) in [6.07, 6.45) is 2.48. The fourth-order valence-electron chi connectivity index (χ4n) is 1.79. The molecule has 4 nitrogen and oxygen atoms in total. The Bertz CT molecular complexity index is 555. The minimum atomic E-state index is -0.170. The molecule has 1 N–H and O–H groups in total. The first kappa shape index (κ1) is 12.4. The van der Waals surface area contributed by atoms with E-state index in [1.165, 1.54) is 5.56 Å². The Morgan fingerprint density at radius 3 is 2.56 bits per heavy atom. The molecule has 1 aromatic heterocycles. The normalized spacial score (nSPS) is 10.4. The molecule has 1 aromatic carbocycles.